The van der Waals surface area contributed by atoms with Crippen LogP contribution >= 0.6 is 0 Å². The smallest absolute Gasteiger partial charge is 0.336 e. The zero-order valence-electron chi connectivity index (χ0n) is 17.6. The van der Waals surface area contributed by atoms with Gasteiger partial charge in [0.15, 0.2) is 6.61 Å². The Hall–Kier alpha value is -2.74. The van der Waals surface area contributed by atoms with Crippen LogP contribution in [0.2, 0.25) is 0 Å². The first kappa shape index (κ1) is 24.3. The first-order valence-corrected chi connectivity index (χ1v) is 10.3. The van der Waals surface area contributed by atoms with Crippen LogP contribution in [0.1, 0.15) is 64.7 Å². The number of esters is 2. The molecule has 158 valence electrons. The zero-order valence-corrected chi connectivity index (χ0v) is 17.6. The van der Waals surface area contributed by atoms with Crippen LogP contribution in [0, 0.1) is 11.8 Å². The zero-order chi connectivity index (χ0) is 21.2. The predicted molar refractivity (Wildman–Crippen MR) is 114 cm³/mol. The molecule has 1 aromatic rings. The Morgan fingerprint density at radius 1 is 0.828 bits per heavy atom. The lowest BCUT2D eigenvalue weighted by Crippen LogP contribution is -2.06. The molecule has 5 heteroatoms. The molecule has 0 N–H and O–H groups in total. The summed E-state index contributed by atoms with van der Waals surface area (Å²) >= 11 is 0. The molecule has 0 aliphatic heterocycles. The van der Waals surface area contributed by atoms with Crippen LogP contribution in [0.4, 0.5) is 0 Å². The van der Waals surface area contributed by atoms with Gasteiger partial charge >= 0.3 is 11.9 Å². The van der Waals surface area contributed by atoms with Crippen molar-refractivity contribution in [3.8, 4) is 23.3 Å². The molecule has 0 saturated heterocycles. The van der Waals surface area contributed by atoms with Crippen molar-refractivity contribution in [1.29, 1.82) is 0 Å². The van der Waals surface area contributed by atoms with Crippen molar-refractivity contribution in [1.82, 2.24) is 0 Å². The van der Waals surface area contributed by atoms with Crippen molar-refractivity contribution in [2.24, 2.45) is 0 Å². The Bertz CT molecular complexity index is 679. The maximum absolute atomic E-state index is 11.7. The van der Waals surface area contributed by atoms with E-state index in [0.29, 0.717) is 11.5 Å². The largest absolute Gasteiger partial charge is 0.497 e. The monoisotopic (exact) mass is 400 g/mol. The number of carbonyl (C=O) groups is 2. The third kappa shape index (κ3) is 13.1. The van der Waals surface area contributed by atoms with E-state index in [2.05, 4.69) is 18.8 Å². The SMILES string of the molecule is CCCCCCCCCCC#CCOC(=O)/C=C/C(=O)Oc1ccc(OC)cc1. The summed E-state index contributed by atoms with van der Waals surface area (Å²) in [6.45, 7) is 2.25. The molecule has 0 radical (unpaired) electrons. The Labute approximate surface area is 174 Å². The first-order chi connectivity index (χ1) is 14.2. The van der Waals surface area contributed by atoms with Crippen LogP contribution in [-0.4, -0.2) is 25.7 Å². The average Bonchev–Trinajstić information content (AvgIpc) is 2.73. The lowest BCUT2D eigenvalue weighted by molar-refractivity contribution is -0.137. The van der Waals surface area contributed by atoms with E-state index in [1.165, 1.54) is 44.9 Å². The molecule has 0 unspecified atom stereocenters. The summed E-state index contributed by atoms with van der Waals surface area (Å²) in [5.41, 5.74) is 0. The molecule has 0 fully saturated rings. The van der Waals surface area contributed by atoms with Crippen molar-refractivity contribution < 1.29 is 23.8 Å². The lowest BCUT2D eigenvalue weighted by Gasteiger charge is -2.02. The molecule has 1 aromatic carbocycles. The van der Waals surface area contributed by atoms with Gasteiger partial charge < -0.3 is 14.2 Å². The van der Waals surface area contributed by atoms with Gasteiger partial charge in [-0.25, -0.2) is 9.59 Å². The summed E-state index contributed by atoms with van der Waals surface area (Å²) in [7, 11) is 1.55. The maximum Gasteiger partial charge on any atom is 0.336 e. The highest BCUT2D eigenvalue weighted by Crippen LogP contribution is 2.17. The highest BCUT2D eigenvalue weighted by atomic mass is 16.5. The fourth-order valence-electron chi connectivity index (χ4n) is 2.57. The van der Waals surface area contributed by atoms with Crippen LogP contribution < -0.4 is 9.47 Å². The van der Waals surface area contributed by atoms with Gasteiger partial charge in [0.05, 0.1) is 7.11 Å². The van der Waals surface area contributed by atoms with Gasteiger partial charge in [-0.2, -0.15) is 0 Å². The third-order valence-corrected chi connectivity index (χ3v) is 4.20. The number of benzene rings is 1. The average molecular weight is 401 g/mol. The van der Waals surface area contributed by atoms with E-state index in [9.17, 15) is 9.59 Å². The fraction of sp³-hybridized carbons (Fsp3) is 0.500. The lowest BCUT2D eigenvalue weighted by atomic mass is 10.1. The minimum absolute atomic E-state index is 0.0215. The number of hydrogen-bond acceptors (Lipinski definition) is 5. The summed E-state index contributed by atoms with van der Waals surface area (Å²) in [6.07, 6.45) is 13.0. The van der Waals surface area contributed by atoms with Gasteiger partial charge in [-0.3, -0.25) is 0 Å². The third-order valence-electron chi connectivity index (χ3n) is 4.20. The van der Waals surface area contributed by atoms with E-state index in [4.69, 9.17) is 14.2 Å². The van der Waals surface area contributed by atoms with Crippen molar-refractivity contribution >= 4 is 11.9 Å². The van der Waals surface area contributed by atoms with Gasteiger partial charge in [-0.15, -0.1) is 0 Å². The molecular formula is C24H32O5. The van der Waals surface area contributed by atoms with E-state index < -0.39 is 11.9 Å². The molecule has 0 saturated carbocycles. The molecule has 0 aromatic heterocycles. The van der Waals surface area contributed by atoms with Gasteiger partial charge in [-0.05, 0) is 30.7 Å². The first-order valence-electron chi connectivity index (χ1n) is 10.3. The Kier molecular flexibility index (Phi) is 13.6. The summed E-state index contributed by atoms with van der Waals surface area (Å²) in [6, 6.07) is 6.55. The van der Waals surface area contributed by atoms with E-state index in [0.717, 1.165) is 25.0 Å². The molecule has 29 heavy (non-hydrogen) atoms. The molecule has 0 aliphatic rings. The van der Waals surface area contributed by atoms with Crippen LogP contribution in [0.25, 0.3) is 0 Å². The normalized spacial score (nSPS) is 10.3. The van der Waals surface area contributed by atoms with Gasteiger partial charge in [0.1, 0.15) is 11.5 Å². The number of rotatable bonds is 13. The van der Waals surface area contributed by atoms with E-state index >= 15 is 0 Å². The highest BCUT2D eigenvalue weighted by molar-refractivity contribution is 5.92. The van der Waals surface area contributed by atoms with Crippen LogP contribution in [0.3, 0.4) is 0 Å². The summed E-state index contributed by atoms with van der Waals surface area (Å²) in [5, 5.41) is 0. The summed E-state index contributed by atoms with van der Waals surface area (Å²) in [4.78, 5) is 23.2. The van der Waals surface area contributed by atoms with Gasteiger partial charge in [0.25, 0.3) is 0 Å². The fourth-order valence-corrected chi connectivity index (χ4v) is 2.57. The Balaban J connectivity index is 2.09. The standard InChI is InChI=1S/C24H32O5/c1-3-4-5-6-7-8-9-10-11-12-13-20-28-23(25)18-19-24(26)29-22-16-14-21(27-2)15-17-22/h14-19H,3-11,20H2,1-2H3/b19-18+. The van der Waals surface area contributed by atoms with E-state index in [1.54, 1.807) is 31.4 Å². The van der Waals surface area contributed by atoms with Crippen LogP contribution in [0.5, 0.6) is 11.5 Å². The quantitative estimate of drug-likeness (QED) is 0.149. The molecule has 1 rings (SSSR count). The highest BCUT2D eigenvalue weighted by Gasteiger charge is 2.03. The molecule has 0 amide bonds. The topological polar surface area (TPSA) is 61.8 Å². The number of methoxy groups -OCH3 is 1. The van der Waals surface area contributed by atoms with Crippen molar-refractivity contribution in [3.63, 3.8) is 0 Å². The van der Waals surface area contributed by atoms with Crippen LogP contribution in [0.15, 0.2) is 36.4 Å². The summed E-state index contributed by atoms with van der Waals surface area (Å²) in [5.74, 6) is 5.56. The minimum atomic E-state index is -0.659. The van der Waals surface area contributed by atoms with Crippen molar-refractivity contribution in [3.05, 3.63) is 36.4 Å². The molecular weight excluding hydrogens is 368 g/mol. The van der Waals surface area contributed by atoms with Gasteiger partial charge in [0.2, 0.25) is 0 Å². The minimum Gasteiger partial charge on any atom is -0.497 e. The molecule has 5 nitrogen and oxygen atoms in total. The van der Waals surface area contributed by atoms with Gasteiger partial charge in [0, 0.05) is 18.6 Å². The molecule has 0 spiro atoms. The molecule has 0 heterocycles. The number of ether oxygens (including phenoxy) is 3. The van der Waals surface area contributed by atoms with Crippen molar-refractivity contribution in [2.75, 3.05) is 13.7 Å². The number of hydrogen-bond donors (Lipinski definition) is 0. The van der Waals surface area contributed by atoms with Crippen molar-refractivity contribution in [2.45, 2.75) is 64.7 Å². The Morgan fingerprint density at radius 3 is 2.07 bits per heavy atom. The van der Waals surface area contributed by atoms with Gasteiger partial charge in [-0.1, -0.05) is 63.7 Å². The Morgan fingerprint density at radius 2 is 1.41 bits per heavy atom. The second-order valence-corrected chi connectivity index (χ2v) is 6.62. The van der Waals surface area contributed by atoms with E-state index in [1.807, 2.05) is 0 Å². The second-order valence-electron chi connectivity index (χ2n) is 6.62. The van der Waals surface area contributed by atoms with E-state index in [-0.39, 0.29) is 6.61 Å². The number of carbonyl (C=O) groups excluding carboxylic acids is 2. The molecule has 0 atom stereocenters. The molecule has 0 aliphatic carbocycles. The second kappa shape index (κ2) is 16.2. The number of unbranched alkanes of at least 4 members (excludes halogenated alkanes) is 8. The van der Waals surface area contributed by atoms with Crippen LogP contribution in [-0.2, 0) is 14.3 Å². The molecule has 0 bridgehead atoms. The predicted octanol–water partition coefficient (Wildman–Crippen LogP) is 5.23. The maximum atomic E-state index is 11.7. The summed E-state index contributed by atoms with van der Waals surface area (Å²) < 4.78 is 15.0.